The van der Waals surface area contributed by atoms with Crippen molar-refractivity contribution in [1.82, 2.24) is 19.5 Å². The smallest absolute Gasteiger partial charge is 0.353 e. The third kappa shape index (κ3) is 4.32. The highest BCUT2D eigenvalue weighted by molar-refractivity contribution is 5.89. The molecule has 0 saturated heterocycles. The SMILES string of the molecule is CC(=O)Nc1cc(-c2nc(-n3ccc(C4CC4)nc3=O)c(-c3cc(F)c(C)c(F)c3)o2)ncc1F. The first-order valence-electron chi connectivity index (χ1n) is 10.7. The maximum Gasteiger partial charge on any atom is 0.353 e. The predicted octanol–water partition coefficient (Wildman–Crippen LogP) is 4.51. The molecule has 178 valence electrons. The molecule has 5 rings (SSSR count). The second-order valence-electron chi connectivity index (χ2n) is 8.25. The Bertz CT molecular complexity index is 1520. The topological polar surface area (TPSA) is 103 Å². The van der Waals surface area contributed by atoms with Crippen molar-refractivity contribution in [3.63, 3.8) is 0 Å². The summed E-state index contributed by atoms with van der Waals surface area (Å²) in [6, 6.07) is 5.00. The molecule has 1 aliphatic rings. The van der Waals surface area contributed by atoms with Crippen LogP contribution in [-0.2, 0) is 4.79 Å². The minimum atomic E-state index is -0.814. The molecule has 4 aromatic rings. The molecular weight excluding hydrogens is 463 g/mol. The average molecular weight is 481 g/mol. The van der Waals surface area contributed by atoms with Gasteiger partial charge in [-0.05, 0) is 44.0 Å². The van der Waals surface area contributed by atoms with Crippen molar-refractivity contribution in [3.05, 3.63) is 75.9 Å². The van der Waals surface area contributed by atoms with Gasteiger partial charge in [-0.1, -0.05) is 0 Å². The molecular formula is C24H18F3N5O3. The van der Waals surface area contributed by atoms with Gasteiger partial charge in [-0.25, -0.2) is 27.5 Å². The summed E-state index contributed by atoms with van der Waals surface area (Å²) in [5, 5.41) is 2.33. The summed E-state index contributed by atoms with van der Waals surface area (Å²) in [5.41, 5.74) is -0.321. The number of nitrogens with zero attached hydrogens (tertiary/aromatic N) is 4. The van der Waals surface area contributed by atoms with Crippen molar-refractivity contribution in [1.29, 1.82) is 0 Å². The number of pyridine rings is 1. The zero-order chi connectivity index (χ0) is 24.9. The van der Waals surface area contributed by atoms with Gasteiger partial charge < -0.3 is 9.73 Å². The Morgan fingerprint density at radius 2 is 1.83 bits per heavy atom. The van der Waals surface area contributed by atoms with Crippen molar-refractivity contribution < 1.29 is 22.4 Å². The molecule has 0 bridgehead atoms. The number of hydrogen-bond donors (Lipinski definition) is 1. The van der Waals surface area contributed by atoms with E-state index in [1.165, 1.54) is 26.1 Å². The van der Waals surface area contributed by atoms with Crippen molar-refractivity contribution in [2.75, 3.05) is 5.32 Å². The van der Waals surface area contributed by atoms with Gasteiger partial charge in [-0.15, -0.1) is 0 Å². The zero-order valence-electron chi connectivity index (χ0n) is 18.6. The molecule has 11 heteroatoms. The molecule has 1 N–H and O–H groups in total. The van der Waals surface area contributed by atoms with Crippen LogP contribution in [0.4, 0.5) is 18.9 Å². The number of oxazole rings is 1. The highest BCUT2D eigenvalue weighted by atomic mass is 19.1. The molecule has 0 spiro atoms. The van der Waals surface area contributed by atoms with Crippen LogP contribution < -0.4 is 11.0 Å². The number of nitrogens with one attached hydrogen (secondary N) is 1. The van der Waals surface area contributed by atoms with Crippen molar-refractivity contribution >= 4 is 11.6 Å². The summed E-state index contributed by atoms with van der Waals surface area (Å²) in [5.74, 6) is -3.04. The third-order valence-electron chi connectivity index (χ3n) is 5.59. The Labute approximate surface area is 196 Å². The van der Waals surface area contributed by atoms with Gasteiger partial charge in [0.15, 0.2) is 17.4 Å². The summed E-state index contributed by atoms with van der Waals surface area (Å²) >= 11 is 0. The number of rotatable bonds is 5. The van der Waals surface area contributed by atoms with Crippen molar-refractivity contribution in [3.8, 4) is 28.7 Å². The summed E-state index contributed by atoms with van der Waals surface area (Å²) < 4.78 is 49.7. The van der Waals surface area contributed by atoms with Crippen LogP contribution >= 0.6 is 0 Å². The van der Waals surface area contributed by atoms with Crippen LogP contribution in [-0.4, -0.2) is 25.4 Å². The van der Waals surface area contributed by atoms with Gasteiger partial charge in [0.05, 0.1) is 17.6 Å². The fourth-order valence-corrected chi connectivity index (χ4v) is 3.57. The van der Waals surface area contributed by atoms with Gasteiger partial charge in [-0.2, -0.15) is 9.97 Å². The summed E-state index contributed by atoms with van der Waals surface area (Å²) in [4.78, 5) is 36.6. The maximum absolute atomic E-state index is 14.4. The van der Waals surface area contributed by atoms with E-state index in [0.29, 0.717) is 5.69 Å². The standard InChI is InChI=1S/C24H18F3N5O3/c1-11-15(25)7-14(8-16(11)26)21-22(32-6-5-18(13-3-4-13)30-24(32)34)31-23(35-21)20-9-19(29-12(2)33)17(27)10-28-20/h5-10,13H,3-4H2,1-2H3,(H,28,29,33). The number of benzene rings is 1. The van der Waals surface area contributed by atoms with E-state index in [0.717, 1.165) is 35.7 Å². The van der Waals surface area contributed by atoms with Crippen LogP contribution in [0.5, 0.6) is 0 Å². The van der Waals surface area contributed by atoms with Crippen LogP contribution in [0.1, 0.15) is 36.9 Å². The second kappa shape index (κ2) is 8.49. The highest BCUT2D eigenvalue weighted by Crippen LogP contribution is 2.38. The molecule has 8 nitrogen and oxygen atoms in total. The van der Waals surface area contributed by atoms with Crippen molar-refractivity contribution in [2.45, 2.75) is 32.6 Å². The molecule has 1 amide bonds. The first-order chi connectivity index (χ1) is 16.7. The molecule has 0 radical (unpaired) electrons. The molecule has 1 aromatic carbocycles. The lowest BCUT2D eigenvalue weighted by Gasteiger charge is -2.06. The van der Waals surface area contributed by atoms with E-state index >= 15 is 0 Å². The number of carbonyl (C=O) groups excluding carboxylic acids is 1. The average Bonchev–Trinajstić information content (AvgIpc) is 3.57. The van der Waals surface area contributed by atoms with E-state index in [9.17, 15) is 22.8 Å². The number of halogens is 3. The Hall–Kier alpha value is -4.28. The van der Waals surface area contributed by atoms with Gasteiger partial charge >= 0.3 is 5.69 Å². The van der Waals surface area contributed by atoms with Crippen LogP contribution in [0.3, 0.4) is 0 Å². The summed E-state index contributed by atoms with van der Waals surface area (Å²) in [7, 11) is 0. The highest BCUT2D eigenvalue weighted by Gasteiger charge is 2.27. The minimum Gasteiger partial charge on any atom is -0.432 e. The molecule has 3 aromatic heterocycles. The molecule has 0 aliphatic heterocycles. The first kappa shape index (κ1) is 22.5. The maximum atomic E-state index is 14.4. The van der Waals surface area contributed by atoms with E-state index in [2.05, 4.69) is 20.3 Å². The third-order valence-corrected chi connectivity index (χ3v) is 5.59. The quantitative estimate of drug-likeness (QED) is 0.450. The lowest BCUT2D eigenvalue weighted by Crippen LogP contribution is -2.22. The Morgan fingerprint density at radius 3 is 2.46 bits per heavy atom. The predicted molar refractivity (Wildman–Crippen MR) is 119 cm³/mol. The number of carbonyl (C=O) groups is 1. The summed E-state index contributed by atoms with van der Waals surface area (Å²) in [6.07, 6.45) is 4.23. The van der Waals surface area contributed by atoms with E-state index in [4.69, 9.17) is 4.42 Å². The van der Waals surface area contributed by atoms with E-state index < -0.39 is 29.0 Å². The number of anilines is 1. The van der Waals surface area contributed by atoms with E-state index in [1.807, 2.05) is 0 Å². The van der Waals surface area contributed by atoms with E-state index in [-0.39, 0.29) is 45.9 Å². The van der Waals surface area contributed by atoms with Crippen LogP contribution in [0.25, 0.3) is 28.7 Å². The van der Waals surface area contributed by atoms with Crippen LogP contribution in [0, 0.1) is 24.4 Å². The first-order valence-corrected chi connectivity index (χ1v) is 10.7. The molecule has 3 heterocycles. The number of amides is 1. The van der Waals surface area contributed by atoms with Gasteiger partial charge in [0, 0.05) is 30.2 Å². The fraction of sp³-hybridized carbons (Fsp3) is 0.208. The van der Waals surface area contributed by atoms with Crippen LogP contribution in [0.2, 0.25) is 0 Å². The molecule has 1 saturated carbocycles. The van der Waals surface area contributed by atoms with E-state index in [1.54, 1.807) is 6.07 Å². The fourth-order valence-electron chi connectivity index (χ4n) is 3.57. The Balaban J connectivity index is 1.69. The summed E-state index contributed by atoms with van der Waals surface area (Å²) in [6.45, 7) is 2.50. The normalized spacial score (nSPS) is 13.2. The number of hydrogen-bond acceptors (Lipinski definition) is 6. The monoisotopic (exact) mass is 481 g/mol. The van der Waals surface area contributed by atoms with Crippen molar-refractivity contribution in [2.24, 2.45) is 0 Å². The molecule has 0 unspecified atom stereocenters. The van der Waals surface area contributed by atoms with Crippen LogP contribution in [0.15, 0.2) is 45.9 Å². The van der Waals surface area contributed by atoms with Gasteiger partial charge in [0.2, 0.25) is 11.8 Å². The molecule has 35 heavy (non-hydrogen) atoms. The Kier molecular flexibility index (Phi) is 5.46. The Morgan fingerprint density at radius 1 is 1.11 bits per heavy atom. The van der Waals surface area contributed by atoms with Gasteiger partial charge in [-0.3, -0.25) is 4.79 Å². The second-order valence-corrected chi connectivity index (χ2v) is 8.25. The van der Waals surface area contributed by atoms with Gasteiger partial charge in [0.25, 0.3) is 0 Å². The molecule has 1 aliphatic carbocycles. The minimum absolute atomic E-state index is 0.0123. The molecule has 1 fully saturated rings. The zero-order valence-corrected chi connectivity index (χ0v) is 18.6. The number of aromatic nitrogens is 4. The lowest BCUT2D eigenvalue weighted by atomic mass is 10.1. The largest absolute Gasteiger partial charge is 0.432 e. The molecule has 0 atom stereocenters. The lowest BCUT2D eigenvalue weighted by molar-refractivity contribution is -0.114. The van der Waals surface area contributed by atoms with Gasteiger partial charge in [0.1, 0.15) is 17.3 Å².